The van der Waals surface area contributed by atoms with Crippen LogP contribution in [0.15, 0.2) is 18.2 Å². The molecule has 1 aromatic rings. The van der Waals surface area contributed by atoms with Crippen LogP contribution < -0.4 is 10.1 Å². The Morgan fingerprint density at radius 3 is 2.90 bits per heavy atom. The van der Waals surface area contributed by atoms with Gasteiger partial charge in [0.05, 0.1) is 10.6 Å². The number of carbonyl (C=O) groups is 1. The molecular formula is C14H17Cl2NO3S. The normalized spacial score (nSPS) is 21.3. The van der Waals surface area contributed by atoms with Gasteiger partial charge in [-0.1, -0.05) is 23.2 Å². The maximum Gasteiger partial charge on any atom is 0.258 e. The zero-order chi connectivity index (χ0) is 15.3. The van der Waals surface area contributed by atoms with E-state index in [1.54, 1.807) is 25.3 Å². The molecule has 1 aromatic carbocycles. The molecule has 1 heterocycles. The number of ether oxygens (including phenoxy) is 2. The van der Waals surface area contributed by atoms with Crippen molar-refractivity contribution < 1.29 is 14.3 Å². The van der Waals surface area contributed by atoms with Crippen molar-refractivity contribution in [3.8, 4) is 5.75 Å². The Morgan fingerprint density at radius 1 is 1.48 bits per heavy atom. The van der Waals surface area contributed by atoms with E-state index in [0.29, 0.717) is 22.3 Å². The van der Waals surface area contributed by atoms with Crippen LogP contribution in [0.2, 0.25) is 10.0 Å². The van der Waals surface area contributed by atoms with Gasteiger partial charge in [0.2, 0.25) is 0 Å². The zero-order valence-electron chi connectivity index (χ0n) is 11.7. The number of methoxy groups -OCH3 is 1. The first kappa shape index (κ1) is 16.7. The van der Waals surface area contributed by atoms with Gasteiger partial charge in [-0.05, 0) is 30.4 Å². The van der Waals surface area contributed by atoms with Gasteiger partial charge in [-0.2, -0.15) is 11.8 Å². The lowest BCUT2D eigenvalue weighted by molar-refractivity contribution is -0.124. The molecule has 0 aliphatic carbocycles. The molecule has 1 aliphatic heterocycles. The average molecular weight is 350 g/mol. The number of nitrogens with one attached hydrogen (secondary N) is 1. The highest BCUT2D eigenvalue weighted by Crippen LogP contribution is 2.30. The van der Waals surface area contributed by atoms with Crippen LogP contribution in [-0.2, 0) is 9.53 Å². The van der Waals surface area contributed by atoms with Gasteiger partial charge in [0.25, 0.3) is 5.91 Å². The molecule has 0 spiro atoms. The van der Waals surface area contributed by atoms with Crippen LogP contribution in [0.1, 0.15) is 6.42 Å². The first-order valence-corrected chi connectivity index (χ1v) is 8.43. The Morgan fingerprint density at radius 2 is 2.29 bits per heavy atom. The van der Waals surface area contributed by atoms with Crippen LogP contribution in [-0.4, -0.2) is 43.3 Å². The van der Waals surface area contributed by atoms with Crippen molar-refractivity contribution in [1.82, 2.24) is 5.32 Å². The second kappa shape index (κ2) is 7.58. The van der Waals surface area contributed by atoms with Gasteiger partial charge < -0.3 is 14.8 Å². The fourth-order valence-corrected chi connectivity index (χ4v) is 3.87. The van der Waals surface area contributed by atoms with E-state index in [4.69, 9.17) is 32.7 Å². The molecule has 1 saturated heterocycles. The molecule has 0 aromatic heterocycles. The molecule has 7 heteroatoms. The lowest BCUT2D eigenvalue weighted by Crippen LogP contribution is -2.45. The molecule has 1 unspecified atom stereocenters. The maximum atomic E-state index is 11.8. The summed E-state index contributed by atoms with van der Waals surface area (Å²) < 4.78 is 10.9. The molecule has 4 nitrogen and oxygen atoms in total. The number of carbonyl (C=O) groups excluding carboxylic acids is 1. The molecule has 0 radical (unpaired) electrons. The van der Waals surface area contributed by atoms with Crippen LogP contribution in [0.3, 0.4) is 0 Å². The van der Waals surface area contributed by atoms with Gasteiger partial charge in [0, 0.05) is 24.4 Å². The van der Waals surface area contributed by atoms with Gasteiger partial charge in [-0.25, -0.2) is 0 Å². The largest absolute Gasteiger partial charge is 0.482 e. The van der Waals surface area contributed by atoms with E-state index in [2.05, 4.69) is 5.32 Å². The number of rotatable bonds is 6. The van der Waals surface area contributed by atoms with Gasteiger partial charge in [0.15, 0.2) is 6.61 Å². The quantitative estimate of drug-likeness (QED) is 0.857. The van der Waals surface area contributed by atoms with Crippen LogP contribution in [0.25, 0.3) is 0 Å². The molecular weight excluding hydrogens is 333 g/mol. The van der Waals surface area contributed by atoms with E-state index in [0.717, 1.165) is 17.9 Å². The first-order valence-electron chi connectivity index (χ1n) is 6.52. The molecule has 1 N–H and O–H groups in total. The smallest absolute Gasteiger partial charge is 0.258 e. The van der Waals surface area contributed by atoms with Crippen LogP contribution in [0.5, 0.6) is 5.75 Å². The van der Waals surface area contributed by atoms with E-state index in [-0.39, 0.29) is 18.1 Å². The van der Waals surface area contributed by atoms with Gasteiger partial charge in [0.1, 0.15) is 5.75 Å². The van der Waals surface area contributed by atoms with E-state index in [1.165, 1.54) is 0 Å². The fourth-order valence-electron chi connectivity index (χ4n) is 2.01. The SMILES string of the molecule is COC1(CNC(=O)COc2ccc(Cl)cc2Cl)CCSC1. The van der Waals surface area contributed by atoms with Crippen molar-refractivity contribution in [1.29, 1.82) is 0 Å². The van der Waals surface area contributed by atoms with Crippen LogP contribution in [0, 0.1) is 0 Å². The Labute approximate surface area is 138 Å². The highest BCUT2D eigenvalue weighted by Gasteiger charge is 2.34. The summed E-state index contributed by atoms with van der Waals surface area (Å²) in [6, 6.07) is 4.88. The minimum absolute atomic E-state index is 0.0890. The average Bonchev–Trinajstić information content (AvgIpc) is 2.94. The molecule has 1 aliphatic rings. The number of hydrogen-bond donors (Lipinski definition) is 1. The second-order valence-electron chi connectivity index (χ2n) is 4.83. The lowest BCUT2D eigenvalue weighted by atomic mass is 10.0. The van der Waals surface area contributed by atoms with Crippen molar-refractivity contribution in [3.05, 3.63) is 28.2 Å². The summed E-state index contributed by atoms with van der Waals surface area (Å²) in [6.45, 7) is 0.404. The zero-order valence-corrected chi connectivity index (χ0v) is 14.0. The Hall–Kier alpha value is -0.620. The Bertz CT molecular complexity index is 507. The molecule has 1 amide bonds. The van der Waals surface area contributed by atoms with Crippen molar-refractivity contribution in [2.45, 2.75) is 12.0 Å². The minimum atomic E-state index is -0.252. The van der Waals surface area contributed by atoms with Crippen LogP contribution in [0.4, 0.5) is 0 Å². The molecule has 1 atom stereocenters. The highest BCUT2D eigenvalue weighted by molar-refractivity contribution is 7.99. The molecule has 1 fully saturated rings. The highest BCUT2D eigenvalue weighted by atomic mass is 35.5. The van der Waals surface area contributed by atoms with Crippen molar-refractivity contribution in [2.75, 3.05) is 31.8 Å². The third kappa shape index (κ3) is 4.68. The molecule has 2 rings (SSSR count). The summed E-state index contributed by atoms with van der Waals surface area (Å²) in [5.74, 6) is 2.19. The third-order valence-corrected chi connectivity index (χ3v) is 5.11. The topological polar surface area (TPSA) is 47.6 Å². The summed E-state index contributed by atoms with van der Waals surface area (Å²) >= 11 is 13.6. The predicted octanol–water partition coefficient (Wildman–Crippen LogP) is 3.01. The number of halogens is 2. The standard InChI is InChI=1S/C14H17Cl2NO3S/c1-19-14(4-5-21-9-14)8-17-13(18)7-20-12-3-2-10(15)6-11(12)16/h2-3,6H,4-5,7-9H2,1H3,(H,17,18). The second-order valence-corrected chi connectivity index (χ2v) is 6.78. The Kier molecular flexibility index (Phi) is 6.05. The maximum absolute atomic E-state index is 11.8. The number of hydrogen-bond acceptors (Lipinski definition) is 4. The Balaban J connectivity index is 1.79. The number of benzene rings is 1. The number of thioether (sulfide) groups is 1. The first-order chi connectivity index (χ1) is 10.0. The van der Waals surface area contributed by atoms with Crippen molar-refractivity contribution in [2.24, 2.45) is 0 Å². The minimum Gasteiger partial charge on any atom is -0.482 e. The van der Waals surface area contributed by atoms with Crippen molar-refractivity contribution >= 4 is 40.9 Å². The summed E-state index contributed by atoms with van der Waals surface area (Å²) in [6.07, 6.45) is 0.943. The lowest BCUT2D eigenvalue weighted by Gasteiger charge is -2.26. The summed E-state index contributed by atoms with van der Waals surface area (Å²) in [4.78, 5) is 11.8. The van der Waals surface area contributed by atoms with Gasteiger partial charge in [-0.3, -0.25) is 4.79 Å². The number of amides is 1. The van der Waals surface area contributed by atoms with Crippen LogP contribution >= 0.6 is 35.0 Å². The van der Waals surface area contributed by atoms with E-state index < -0.39 is 0 Å². The van der Waals surface area contributed by atoms with Gasteiger partial charge in [-0.15, -0.1) is 0 Å². The molecule has 0 saturated carbocycles. The third-order valence-electron chi connectivity index (χ3n) is 3.36. The molecule has 0 bridgehead atoms. The fraction of sp³-hybridized carbons (Fsp3) is 0.500. The molecule has 116 valence electrons. The van der Waals surface area contributed by atoms with E-state index in [1.807, 2.05) is 11.8 Å². The summed E-state index contributed by atoms with van der Waals surface area (Å²) in [5.41, 5.74) is -0.252. The summed E-state index contributed by atoms with van der Waals surface area (Å²) in [5, 5.41) is 3.76. The van der Waals surface area contributed by atoms with E-state index >= 15 is 0 Å². The monoisotopic (exact) mass is 349 g/mol. The van der Waals surface area contributed by atoms with Gasteiger partial charge >= 0.3 is 0 Å². The molecule has 21 heavy (non-hydrogen) atoms. The van der Waals surface area contributed by atoms with E-state index in [9.17, 15) is 4.79 Å². The predicted molar refractivity (Wildman–Crippen MR) is 86.6 cm³/mol. The van der Waals surface area contributed by atoms with Crippen molar-refractivity contribution in [3.63, 3.8) is 0 Å². The summed E-state index contributed by atoms with van der Waals surface area (Å²) in [7, 11) is 1.68.